The van der Waals surface area contributed by atoms with Crippen LogP contribution in [0.1, 0.15) is 17.3 Å². The highest BCUT2D eigenvalue weighted by Crippen LogP contribution is 2.13. The predicted octanol–water partition coefficient (Wildman–Crippen LogP) is 1.28. The highest BCUT2D eigenvalue weighted by Gasteiger charge is 2.07. The molecule has 0 saturated heterocycles. The van der Waals surface area contributed by atoms with Crippen molar-refractivity contribution in [2.75, 3.05) is 13.2 Å². The van der Waals surface area contributed by atoms with Crippen LogP contribution in [0.4, 0.5) is 0 Å². The van der Waals surface area contributed by atoms with E-state index in [1.807, 2.05) is 0 Å². The van der Waals surface area contributed by atoms with E-state index in [1.54, 1.807) is 31.2 Å². The zero-order valence-corrected chi connectivity index (χ0v) is 10.1. The predicted molar refractivity (Wildman–Crippen MR) is 66.2 cm³/mol. The van der Waals surface area contributed by atoms with Crippen LogP contribution in [0.15, 0.2) is 36.4 Å². The molecule has 96 valence electrons. The molecule has 1 rings (SSSR count). The number of carbonyl (C=O) groups is 2. The second-order valence-corrected chi connectivity index (χ2v) is 3.81. The summed E-state index contributed by atoms with van der Waals surface area (Å²) in [6, 6.07) is 6.24. The van der Waals surface area contributed by atoms with Crippen LogP contribution in [0.2, 0.25) is 0 Å². The Morgan fingerprint density at radius 1 is 1.22 bits per heavy atom. The Labute approximate surface area is 105 Å². The number of primary amides is 1. The van der Waals surface area contributed by atoms with Gasteiger partial charge in [0.2, 0.25) is 0 Å². The molecule has 1 aromatic rings. The summed E-state index contributed by atoms with van der Waals surface area (Å²) in [5.74, 6) is -0.523. The first-order valence-corrected chi connectivity index (χ1v) is 5.31. The zero-order valence-electron chi connectivity index (χ0n) is 10.1. The van der Waals surface area contributed by atoms with Gasteiger partial charge in [-0.15, -0.1) is 0 Å². The molecule has 0 saturated carbocycles. The van der Waals surface area contributed by atoms with Gasteiger partial charge in [0.05, 0.1) is 5.56 Å². The van der Waals surface area contributed by atoms with Crippen LogP contribution in [-0.4, -0.2) is 25.1 Å². The summed E-state index contributed by atoms with van der Waals surface area (Å²) in [5, 5.41) is 0. The molecular formula is C13H15NO4. The lowest BCUT2D eigenvalue weighted by Crippen LogP contribution is -2.20. The lowest BCUT2D eigenvalue weighted by Gasteiger charge is -2.06. The number of nitrogens with two attached hydrogens (primary N) is 1. The zero-order chi connectivity index (χ0) is 13.5. The van der Waals surface area contributed by atoms with Crippen LogP contribution in [0.25, 0.3) is 0 Å². The molecule has 0 aliphatic carbocycles. The van der Waals surface area contributed by atoms with Crippen LogP contribution < -0.4 is 10.5 Å². The maximum atomic E-state index is 11.5. The van der Waals surface area contributed by atoms with Gasteiger partial charge in [-0.05, 0) is 36.8 Å². The van der Waals surface area contributed by atoms with Gasteiger partial charge < -0.3 is 15.2 Å². The molecule has 1 aromatic carbocycles. The first-order chi connectivity index (χ1) is 8.49. The Hall–Kier alpha value is -2.30. The van der Waals surface area contributed by atoms with Crippen molar-refractivity contribution >= 4 is 11.9 Å². The third-order valence-electron chi connectivity index (χ3n) is 1.92. The summed E-state index contributed by atoms with van der Waals surface area (Å²) >= 11 is 0. The van der Waals surface area contributed by atoms with Gasteiger partial charge in [0.25, 0.3) is 5.91 Å². The van der Waals surface area contributed by atoms with Gasteiger partial charge in [-0.1, -0.05) is 6.58 Å². The van der Waals surface area contributed by atoms with Gasteiger partial charge in [0.15, 0.2) is 6.61 Å². The molecule has 0 bridgehead atoms. The Morgan fingerprint density at radius 2 is 1.83 bits per heavy atom. The molecule has 2 N–H and O–H groups in total. The lowest BCUT2D eigenvalue weighted by atomic mass is 10.2. The van der Waals surface area contributed by atoms with Crippen LogP contribution in [0.3, 0.4) is 0 Å². The van der Waals surface area contributed by atoms with E-state index in [4.69, 9.17) is 15.2 Å². The Balaban J connectivity index is 2.56. The van der Waals surface area contributed by atoms with Crippen molar-refractivity contribution < 1.29 is 19.1 Å². The number of ether oxygens (including phenoxy) is 2. The molecule has 0 aliphatic heterocycles. The van der Waals surface area contributed by atoms with Gasteiger partial charge in [-0.25, -0.2) is 4.79 Å². The summed E-state index contributed by atoms with van der Waals surface area (Å²) in [6.07, 6.45) is 0. The average molecular weight is 249 g/mol. The summed E-state index contributed by atoms with van der Waals surface area (Å²) in [5.41, 5.74) is 6.11. The van der Waals surface area contributed by atoms with Crippen molar-refractivity contribution in [3.63, 3.8) is 0 Å². The van der Waals surface area contributed by atoms with Gasteiger partial charge in [-0.3, -0.25) is 4.79 Å². The molecule has 0 atom stereocenters. The van der Waals surface area contributed by atoms with Crippen molar-refractivity contribution in [2.45, 2.75) is 6.92 Å². The van der Waals surface area contributed by atoms with Crippen molar-refractivity contribution in [1.29, 1.82) is 0 Å². The fourth-order valence-electron chi connectivity index (χ4n) is 1.11. The minimum absolute atomic E-state index is 0.193. The fraction of sp³-hybridized carbons (Fsp3) is 0.231. The second-order valence-electron chi connectivity index (χ2n) is 3.81. The van der Waals surface area contributed by atoms with Gasteiger partial charge >= 0.3 is 5.97 Å². The summed E-state index contributed by atoms with van der Waals surface area (Å²) in [4.78, 5) is 22.1. The number of hydrogen-bond donors (Lipinski definition) is 1. The van der Waals surface area contributed by atoms with E-state index in [9.17, 15) is 9.59 Å². The van der Waals surface area contributed by atoms with E-state index in [0.717, 1.165) is 5.57 Å². The highest BCUT2D eigenvalue weighted by atomic mass is 16.5. The SMILES string of the molecule is C=C(C)COC(=O)c1ccc(OCC(N)=O)cc1. The Bertz CT molecular complexity index is 451. The third kappa shape index (κ3) is 4.69. The molecule has 0 aliphatic rings. The molecule has 0 unspecified atom stereocenters. The van der Waals surface area contributed by atoms with Crippen molar-refractivity contribution in [3.8, 4) is 5.75 Å². The maximum Gasteiger partial charge on any atom is 0.338 e. The van der Waals surface area contributed by atoms with Crippen LogP contribution in [0, 0.1) is 0 Å². The number of esters is 1. The second kappa shape index (κ2) is 6.44. The first kappa shape index (κ1) is 13.8. The number of amides is 1. The molecule has 5 heteroatoms. The Morgan fingerprint density at radius 3 is 2.33 bits per heavy atom. The number of carbonyl (C=O) groups excluding carboxylic acids is 2. The minimum Gasteiger partial charge on any atom is -0.484 e. The van der Waals surface area contributed by atoms with Crippen molar-refractivity contribution in [3.05, 3.63) is 42.0 Å². The molecule has 5 nitrogen and oxygen atoms in total. The monoisotopic (exact) mass is 249 g/mol. The molecule has 0 spiro atoms. The Kier molecular flexibility index (Phi) is 4.92. The van der Waals surface area contributed by atoms with E-state index in [0.29, 0.717) is 11.3 Å². The van der Waals surface area contributed by atoms with Crippen molar-refractivity contribution in [1.82, 2.24) is 0 Å². The van der Waals surface area contributed by atoms with Crippen LogP contribution >= 0.6 is 0 Å². The lowest BCUT2D eigenvalue weighted by molar-refractivity contribution is -0.119. The summed E-state index contributed by atoms with van der Waals surface area (Å²) in [7, 11) is 0. The van der Waals surface area contributed by atoms with Gasteiger partial charge in [-0.2, -0.15) is 0 Å². The summed E-state index contributed by atoms with van der Waals surface area (Å²) < 4.78 is 10.0. The molecule has 18 heavy (non-hydrogen) atoms. The molecule has 0 fully saturated rings. The molecule has 1 amide bonds. The molecule has 0 aromatic heterocycles. The highest BCUT2D eigenvalue weighted by molar-refractivity contribution is 5.89. The summed E-state index contributed by atoms with van der Waals surface area (Å²) in [6.45, 7) is 5.40. The number of benzene rings is 1. The third-order valence-corrected chi connectivity index (χ3v) is 1.92. The smallest absolute Gasteiger partial charge is 0.338 e. The van der Waals surface area contributed by atoms with Crippen molar-refractivity contribution in [2.24, 2.45) is 5.73 Å². The maximum absolute atomic E-state index is 11.5. The van der Waals surface area contributed by atoms with E-state index in [2.05, 4.69) is 6.58 Å². The quantitative estimate of drug-likeness (QED) is 0.608. The number of rotatable bonds is 6. The molecule has 0 heterocycles. The van der Waals surface area contributed by atoms with Gasteiger partial charge in [0.1, 0.15) is 12.4 Å². The van der Waals surface area contributed by atoms with E-state index < -0.39 is 11.9 Å². The van der Waals surface area contributed by atoms with E-state index >= 15 is 0 Å². The normalized spacial score (nSPS) is 9.61. The number of hydrogen-bond acceptors (Lipinski definition) is 4. The standard InChI is InChI=1S/C13H15NO4/c1-9(2)7-18-13(16)10-3-5-11(6-4-10)17-8-12(14)15/h3-6H,1,7-8H2,2H3,(H2,14,15). The van der Waals surface area contributed by atoms with E-state index in [-0.39, 0.29) is 13.2 Å². The van der Waals surface area contributed by atoms with Crippen LogP contribution in [-0.2, 0) is 9.53 Å². The van der Waals surface area contributed by atoms with Gasteiger partial charge in [0, 0.05) is 0 Å². The topological polar surface area (TPSA) is 78.6 Å². The van der Waals surface area contributed by atoms with Crippen LogP contribution in [0.5, 0.6) is 5.75 Å². The largest absolute Gasteiger partial charge is 0.484 e. The minimum atomic E-state index is -0.556. The first-order valence-electron chi connectivity index (χ1n) is 5.31. The average Bonchev–Trinajstić information content (AvgIpc) is 2.34. The molecule has 0 radical (unpaired) electrons. The molecular weight excluding hydrogens is 234 g/mol. The fourth-order valence-corrected chi connectivity index (χ4v) is 1.11. The van der Waals surface area contributed by atoms with E-state index in [1.165, 1.54) is 0 Å².